The van der Waals surface area contributed by atoms with Crippen LogP contribution >= 0.6 is 23.2 Å². The zero-order chi connectivity index (χ0) is 14.9. The van der Waals surface area contributed by atoms with E-state index in [-0.39, 0.29) is 26.3 Å². The van der Waals surface area contributed by atoms with Crippen molar-refractivity contribution in [1.82, 2.24) is 4.98 Å². The Morgan fingerprint density at radius 3 is 2.30 bits per heavy atom. The van der Waals surface area contributed by atoms with Crippen molar-refractivity contribution in [1.29, 1.82) is 0 Å². The van der Waals surface area contributed by atoms with E-state index >= 15 is 0 Å². The molecule has 5 nitrogen and oxygen atoms in total. The van der Waals surface area contributed by atoms with E-state index in [1.807, 2.05) is 0 Å². The van der Waals surface area contributed by atoms with Crippen LogP contribution < -0.4 is 10.5 Å². The highest BCUT2D eigenvalue weighted by atomic mass is 35.5. The molecule has 0 amide bonds. The second-order valence-electron chi connectivity index (χ2n) is 3.79. The van der Waals surface area contributed by atoms with Gasteiger partial charge < -0.3 is 5.73 Å². The Morgan fingerprint density at radius 2 is 1.80 bits per heavy atom. The summed E-state index contributed by atoms with van der Waals surface area (Å²) in [7, 11) is -4.04. The minimum absolute atomic E-state index is 0.0790. The Bertz CT molecular complexity index is 728. The molecule has 0 unspecified atom stereocenters. The standard InChI is InChI=1S/C11H8Cl2FN3O2S/c12-8-3-6(15)4-9(13)11(8)20(18,19)17-7-1-2-10(14)16-5-7/h1-5,17H,15H2. The second kappa shape index (κ2) is 5.43. The van der Waals surface area contributed by atoms with Crippen LogP contribution in [0.1, 0.15) is 0 Å². The number of nitrogen functional groups attached to an aromatic ring is 1. The Hall–Kier alpha value is -1.57. The van der Waals surface area contributed by atoms with Crippen molar-refractivity contribution in [2.24, 2.45) is 0 Å². The molecular weight excluding hydrogens is 328 g/mol. The predicted octanol–water partition coefficient (Wildman–Crippen LogP) is 2.91. The average molecular weight is 336 g/mol. The molecule has 0 saturated heterocycles. The highest BCUT2D eigenvalue weighted by Crippen LogP contribution is 2.32. The fourth-order valence-corrected chi connectivity index (χ4v) is 3.76. The van der Waals surface area contributed by atoms with E-state index in [4.69, 9.17) is 28.9 Å². The lowest BCUT2D eigenvalue weighted by Crippen LogP contribution is -2.14. The van der Waals surface area contributed by atoms with Gasteiger partial charge in [-0.2, -0.15) is 4.39 Å². The summed E-state index contributed by atoms with van der Waals surface area (Å²) in [4.78, 5) is 3.03. The number of benzene rings is 1. The zero-order valence-electron chi connectivity index (χ0n) is 9.77. The summed E-state index contributed by atoms with van der Waals surface area (Å²) in [5.41, 5.74) is 5.82. The van der Waals surface area contributed by atoms with Gasteiger partial charge in [-0.3, -0.25) is 4.72 Å². The fraction of sp³-hybridized carbons (Fsp3) is 0. The largest absolute Gasteiger partial charge is 0.399 e. The van der Waals surface area contributed by atoms with Crippen molar-refractivity contribution in [2.75, 3.05) is 10.5 Å². The van der Waals surface area contributed by atoms with E-state index in [0.29, 0.717) is 0 Å². The van der Waals surface area contributed by atoms with Gasteiger partial charge >= 0.3 is 0 Å². The molecule has 1 aromatic heterocycles. The molecule has 0 radical (unpaired) electrons. The van der Waals surface area contributed by atoms with E-state index in [1.54, 1.807) is 0 Å². The van der Waals surface area contributed by atoms with Crippen LogP contribution in [0.25, 0.3) is 0 Å². The van der Waals surface area contributed by atoms with E-state index in [0.717, 1.165) is 12.3 Å². The van der Waals surface area contributed by atoms with Gasteiger partial charge in [0, 0.05) is 5.69 Å². The van der Waals surface area contributed by atoms with Gasteiger partial charge in [0.1, 0.15) is 4.90 Å². The number of anilines is 2. The van der Waals surface area contributed by atoms with Gasteiger partial charge in [-0.05, 0) is 24.3 Å². The van der Waals surface area contributed by atoms with Gasteiger partial charge in [-0.25, -0.2) is 13.4 Å². The van der Waals surface area contributed by atoms with Gasteiger partial charge in [-0.15, -0.1) is 0 Å². The molecular formula is C11H8Cl2FN3O2S. The molecule has 0 spiro atoms. The Labute approximate surface area is 124 Å². The summed E-state index contributed by atoms with van der Waals surface area (Å²) in [5.74, 6) is -0.725. The number of nitrogens with one attached hydrogen (secondary N) is 1. The van der Waals surface area contributed by atoms with Crippen LogP contribution in [0.5, 0.6) is 0 Å². The summed E-state index contributed by atoms with van der Waals surface area (Å²) < 4.78 is 39.3. The SMILES string of the molecule is Nc1cc(Cl)c(S(=O)(=O)Nc2ccc(F)nc2)c(Cl)c1. The molecule has 0 saturated carbocycles. The van der Waals surface area contributed by atoms with Crippen molar-refractivity contribution in [3.8, 4) is 0 Å². The molecule has 2 rings (SSSR count). The maximum atomic E-state index is 12.7. The first-order valence-electron chi connectivity index (χ1n) is 5.18. The molecule has 3 N–H and O–H groups in total. The monoisotopic (exact) mass is 335 g/mol. The molecule has 9 heteroatoms. The third-order valence-electron chi connectivity index (χ3n) is 2.27. The summed E-state index contributed by atoms with van der Waals surface area (Å²) in [6.07, 6.45) is 1.03. The molecule has 0 atom stereocenters. The lowest BCUT2D eigenvalue weighted by Gasteiger charge is -2.11. The van der Waals surface area contributed by atoms with E-state index in [2.05, 4.69) is 9.71 Å². The van der Waals surface area contributed by atoms with Gasteiger partial charge in [0.2, 0.25) is 5.95 Å². The highest BCUT2D eigenvalue weighted by Gasteiger charge is 2.22. The number of sulfonamides is 1. The van der Waals surface area contributed by atoms with Crippen molar-refractivity contribution < 1.29 is 12.8 Å². The maximum absolute atomic E-state index is 12.7. The number of nitrogens with zero attached hydrogens (tertiary/aromatic N) is 1. The van der Waals surface area contributed by atoms with E-state index in [1.165, 1.54) is 18.2 Å². The number of rotatable bonds is 3. The number of halogens is 3. The zero-order valence-corrected chi connectivity index (χ0v) is 12.1. The third kappa shape index (κ3) is 3.12. The van der Waals surface area contributed by atoms with Crippen molar-refractivity contribution >= 4 is 44.6 Å². The number of pyridine rings is 1. The normalized spacial score (nSPS) is 11.3. The smallest absolute Gasteiger partial charge is 0.264 e. The quantitative estimate of drug-likeness (QED) is 0.667. The average Bonchev–Trinajstić information content (AvgIpc) is 2.30. The summed E-state index contributed by atoms with van der Waals surface area (Å²) >= 11 is 11.7. The predicted molar refractivity (Wildman–Crippen MR) is 75.9 cm³/mol. The second-order valence-corrected chi connectivity index (χ2v) is 6.22. The number of hydrogen-bond donors (Lipinski definition) is 2. The lowest BCUT2D eigenvalue weighted by atomic mass is 10.3. The van der Waals surface area contributed by atoms with Crippen LogP contribution in [0.15, 0.2) is 35.4 Å². The Morgan fingerprint density at radius 1 is 1.20 bits per heavy atom. The van der Waals surface area contributed by atoms with Crippen LogP contribution in [-0.2, 0) is 10.0 Å². The topological polar surface area (TPSA) is 85.1 Å². The molecule has 1 heterocycles. The minimum atomic E-state index is -4.04. The van der Waals surface area contributed by atoms with Gasteiger partial charge in [0.05, 0.1) is 21.9 Å². The number of hydrogen-bond acceptors (Lipinski definition) is 4. The summed E-state index contributed by atoms with van der Waals surface area (Å²) in [6.45, 7) is 0. The van der Waals surface area contributed by atoms with E-state index < -0.39 is 16.0 Å². The molecule has 0 bridgehead atoms. The lowest BCUT2D eigenvalue weighted by molar-refractivity contribution is 0.583. The van der Waals surface area contributed by atoms with Crippen LogP contribution in [0.2, 0.25) is 10.0 Å². The van der Waals surface area contributed by atoms with Crippen molar-refractivity contribution in [3.63, 3.8) is 0 Å². The first-order valence-corrected chi connectivity index (χ1v) is 7.42. The number of nitrogens with two attached hydrogens (primary N) is 1. The molecule has 0 aliphatic heterocycles. The van der Waals surface area contributed by atoms with Crippen LogP contribution in [0.4, 0.5) is 15.8 Å². The highest BCUT2D eigenvalue weighted by molar-refractivity contribution is 7.93. The van der Waals surface area contributed by atoms with Crippen LogP contribution in [0, 0.1) is 5.95 Å². The molecule has 0 fully saturated rings. The minimum Gasteiger partial charge on any atom is -0.399 e. The van der Waals surface area contributed by atoms with E-state index in [9.17, 15) is 12.8 Å². The molecule has 0 aliphatic carbocycles. The first-order chi connectivity index (χ1) is 9.29. The van der Waals surface area contributed by atoms with Crippen LogP contribution in [0.3, 0.4) is 0 Å². The maximum Gasteiger partial charge on any atom is 0.264 e. The molecule has 20 heavy (non-hydrogen) atoms. The Balaban J connectivity index is 2.43. The third-order valence-corrected chi connectivity index (χ3v) is 4.57. The van der Waals surface area contributed by atoms with Gasteiger partial charge in [-0.1, -0.05) is 23.2 Å². The van der Waals surface area contributed by atoms with Crippen molar-refractivity contribution in [3.05, 3.63) is 46.5 Å². The van der Waals surface area contributed by atoms with Crippen molar-refractivity contribution in [2.45, 2.75) is 4.90 Å². The molecule has 106 valence electrons. The first kappa shape index (κ1) is 14.8. The summed E-state index contributed by atoms with van der Waals surface area (Å²) in [5, 5.41) is -0.227. The summed E-state index contributed by atoms with van der Waals surface area (Å²) in [6, 6.07) is 4.78. The number of aromatic nitrogens is 1. The molecule has 1 aromatic carbocycles. The van der Waals surface area contributed by atoms with Crippen LogP contribution in [-0.4, -0.2) is 13.4 Å². The van der Waals surface area contributed by atoms with Gasteiger partial charge in [0.25, 0.3) is 10.0 Å². The molecule has 2 aromatic rings. The molecule has 0 aliphatic rings. The fourth-order valence-electron chi connectivity index (χ4n) is 1.48. The van der Waals surface area contributed by atoms with Gasteiger partial charge in [0.15, 0.2) is 0 Å². The Kier molecular flexibility index (Phi) is 4.03.